The molecule has 0 fully saturated rings. The van der Waals surface area contributed by atoms with Gasteiger partial charge in [-0.3, -0.25) is 0 Å². The number of nitrogens with one attached hydrogen (secondary N) is 1. The molecule has 0 aliphatic carbocycles. The number of carboxylic acids is 1. The van der Waals surface area contributed by atoms with Crippen molar-refractivity contribution in [2.24, 2.45) is 0 Å². The van der Waals surface area contributed by atoms with Crippen LogP contribution in [0.25, 0.3) is 10.9 Å². The lowest BCUT2D eigenvalue weighted by atomic mass is 10.2. The van der Waals surface area contributed by atoms with Crippen molar-refractivity contribution in [1.29, 1.82) is 0 Å². The summed E-state index contributed by atoms with van der Waals surface area (Å²) in [6.07, 6.45) is 0. The number of hydrogen-bond acceptors (Lipinski definition) is 7. The number of aromatic amines is 1. The lowest BCUT2D eigenvalue weighted by Crippen LogP contribution is -2.12. The zero-order valence-corrected chi connectivity index (χ0v) is 16.1. The summed E-state index contributed by atoms with van der Waals surface area (Å²) in [5.74, 6) is 1.65. The molecule has 1 aliphatic rings. The summed E-state index contributed by atoms with van der Waals surface area (Å²) in [4.78, 5) is 14.8. The van der Waals surface area contributed by atoms with Crippen LogP contribution >= 0.6 is 11.8 Å². The van der Waals surface area contributed by atoms with Gasteiger partial charge in [0.15, 0.2) is 23.0 Å². The summed E-state index contributed by atoms with van der Waals surface area (Å²) >= 11 is 1.34. The van der Waals surface area contributed by atoms with Crippen LogP contribution in [-0.4, -0.2) is 43.0 Å². The normalized spacial score (nSPS) is 14.9. The second-order valence-corrected chi connectivity index (χ2v) is 6.97. The summed E-state index contributed by atoms with van der Waals surface area (Å²) < 4.78 is 27.8. The van der Waals surface area contributed by atoms with E-state index in [1.807, 2.05) is 12.1 Å². The first-order valence-electron chi connectivity index (χ1n) is 8.22. The van der Waals surface area contributed by atoms with Gasteiger partial charge < -0.3 is 33.8 Å². The highest BCUT2D eigenvalue weighted by Crippen LogP contribution is 2.45. The molecular weight excluding hydrogens is 386 g/mol. The number of thioether (sulfide) groups is 1. The van der Waals surface area contributed by atoms with Gasteiger partial charge in [-0.1, -0.05) is 0 Å². The molecule has 2 N–H and O–H groups in total. The lowest BCUT2D eigenvalue weighted by molar-refractivity contribution is 0.0691. The van der Waals surface area contributed by atoms with Gasteiger partial charge in [-0.15, -0.1) is 0 Å². The quantitative estimate of drug-likeness (QED) is 0.642. The van der Waals surface area contributed by atoms with Crippen molar-refractivity contribution in [3.63, 3.8) is 0 Å². The first kappa shape index (κ1) is 18.2. The fraction of sp³-hybridized carbons (Fsp3) is 0.211. The second kappa shape index (κ2) is 7.08. The molecule has 1 aromatic heterocycles. The fourth-order valence-corrected chi connectivity index (χ4v) is 3.83. The van der Waals surface area contributed by atoms with Gasteiger partial charge in [0.25, 0.3) is 5.62 Å². The van der Waals surface area contributed by atoms with E-state index in [2.05, 4.69) is 4.98 Å². The van der Waals surface area contributed by atoms with Crippen LogP contribution in [0.4, 0.5) is 0 Å². The van der Waals surface area contributed by atoms with Crippen LogP contribution < -0.4 is 23.7 Å². The lowest BCUT2D eigenvalue weighted by Gasteiger charge is -2.15. The highest BCUT2D eigenvalue weighted by atomic mass is 32.2. The number of carboxylic acid groups (broad SMARTS) is 1. The number of hydrogen-bond donors (Lipinski definition) is 2. The molecule has 3 aromatic rings. The van der Waals surface area contributed by atoms with Crippen molar-refractivity contribution in [3.05, 3.63) is 36.0 Å². The molecule has 0 saturated carbocycles. The Balaban J connectivity index is 1.57. The minimum atomic E-state index is -1.02. The molecule has 0 radical (unpaired) electrons. The fourth-order valence-electron chi connectivity index (χ4n) is 2.96. The topological polar surface area (TPSA) is 99.2 Å². The maximum Gasteiger partial charge on any atom is 0.352 e. The zero-order valence-electron chi connectivity index (χ0n) is 15.3. The smallest absolute Gasteiger partial charge is 0.352 e. The third-order valence-corrected chi connectivity index (χ3v) is 5.13. The number of carbonyl (C=O) groups is 1. The van der Waals surface area contributed by atoms with E-state index >= 15 is 0 Å². The molecule has 0 bridgehead atoms. The maximum absolute atomic E-state index is 11.1. The van der Waals surface area contributed by atoms with Gasteiger partial charge >= 0.3 is 5.97 Å². The molecule has 2 aromatic carbocycles. The molecule has 0 amide bonds. The molecule has 1 unspecified atom stereocenters. The van der Waals surface area contributed by atoms with Crippen LogP contribution in [0.1, 0.15) is 10.5 Å². The first-order chi connectivity index (χ1) is 13.5. The second-order valence-electron chi connectivity index (χ2n) is 5.88. The van der Waals surface area contributed by atoms with Crippen molar-refractivity contribution < 1.29 is 33.6 Å². The van der Waals surface area contributed by atoms with E-state index in [4.69, 9.17) is 28.8 Å². The van der Waals surface area contributed by atoms with Crippen LogP contribution in [0.5, 0.6) is 28.7 Å². The Hall–Kier alpha value is -3.20. The summed E-state index contributed by atoms with van der Waals surface area (Å²) in [7, 11) is 4.65. The summed E-state index contributed by atoms with van der Waals surface area (Å²) in [5.41, 5.74) is 0.170. The number of H-pyrrole nitrogens is 1. The van der Waals surface area contributed by atoms with Gasteiger partial charge in [0.2, 0.25) is 5.75 Å². The Morgan fingerprint density at radius 3 is 2.21 bits per heavy atom. The predicted molar refractivity (Wildman–Crippen MR) is 102 cm³/mol. The Kier molecular flexibility index (Phi) is 4.60. The molecule has 1 aliphatic heterocycles. The molecule has 2 heterocycles. The number of aromatic carboxylic acids is 1. The van der Waals surface area contributed by atoms with E-state index in [1.165, 1.54) is 11.8 Å². The number of benzene rings is 2. The van der Waals surface area contributed by atoms with Crippen molar-refractivity contribution >= 4 is 28.6 Å². The third kappa shape index (κ3) is 3.13. The van der Waals surface area contributed by atoms with Crippen molar-refractivity contribution in [2.45, 2.75) is 10.5 Å². The largest absolute Gasteiger partial charge is 0.493 e. The van der Waals surface area contributed by atoms with Gasteiger partial charge in [-0.05, 0) is 36.0 Å². The molecule has 1 atom stereocenters. The van der Waals surface area contributed by atoms with Gasteiger partial charge in [-0.25, -0.2) is 4.79 Å². The molecule has 0 spiro atoms. The number of ether oxygens (including phenoxy) is 5. The highest BCUT2D eigenvalue weighted by molar-refractivity contribution is 7.99. The van der Waals surface area contributed by atoms with Gasteiger partial charge in [0.1, 0.15) is 5.69 Å². The Morgan fingerprint density at radius 1 is 1.00 bits per heavy atom. The molecule has 4 rings (SSSR count). The Morgan fingerprint density at radius 2 is 1.64 bits per heavy atom. The van der Waals surface area contributed by atoms with E-state index in [0.29, 0.717) is 34.3 Å². The zero-order chi connectivity index (χ0) is 19.8. The van der Waals surface area contributed by atoms with Crippen molar-refractivity contribution in [2.75, 3.05) is 21.3 Å². The molecule has 8 nitrogen and oxygen atoms in total. The van der Waals surface area contributed by atoms with Crippen LogP contribution in [-0.2, 0) is 0 Å². The molecule has 0 saturated heterocycles. The average molecular weight is 403 g/mol. The van der Waals surface area contributed by atoms with Crippen LogP contribution in [0.2, 0.25) is 0 Å². The Labute approximate surface area is 164 Å². The van der Waals surface area contributed by atoms with Crippen molar-refractivity contribution in [1.82, 2.24) is 4.98 Å². The van der Waals surface area contributed by atoms with E-state index in [0.717, 1.165) is 10.3 Å². The molecule has 9 heteroatoms. The summed E-state index contributed by atoms with van der Waals surface area (Å²) in [6, 6.07) is 8.66. The molecular formula is C19H17NO7S. The minimum absolute atomic E-state index is 0.113. The monoisotopic (exact) mass is 403 g/mol. The molecule has 28 heavy (non-hydrogen) atoms. The third-order valence-electron chi connectivity index (χ3n) is 4.23. The number of methoxy groups -OCH3 is 3. The average Bonchev–Trinajstić information content (AvgIpc) is 3.27. The molecule has 146 valence electrons. The summed E-state index contributed by atoms with van der Waals surface area (Å²) in [6.45, 7) is 0. The standard InChI is InChI=1S/C19H17NO7S/c1-23-15-6-10(7-16(24-2)17(15)25-3)28-19-26-13-5-9-4-12(18(21)22)20-11(9)8-14(13)27-19/h4-8,19-20H,1-3H3,(H,21,22). The van der Waals surface area contributed by atoms with Gasteiger partial charge in [0, 0.05) is 16.3 Å². The van der Waals surface area contributed by atoms with E-state index in [1.54, 1.807) is 39.5 Å². The van der Waals surface area contributed by atoms with Gasteiger partial charge in [-0.2, -0.15) is 0 Å². The first-order valence-corrected chi connectivity index (χ1v) is 9.10. The van der Waals surface area contributed by atoms with Crippen LogP contribution in [0.15, 0.2) is 35.2 Å². The SMILES string of the molecule is COc1cc(SC2Oc3cc4cc(C(=O)O)[nH]c4cc3O2)cc(OC)c1OC. The van der Waals surface area contributed by atoms with Gasteiger partial charge in [0.05, 0.1) is 26.8 Å². The van der Waals surface area contributed by atoms with Crippen LogP contribution in [0, 0.1) is 0 Å². The predicted octanol–water partition coefficient (Wildman–Crippen LogP) is 3.74. The number of aromatic nitrogens is 1. The van der Waals surface area contributed by atoms with E-state index in [9.17, 15) is 4.79 Å². The minimum Gasteiger partial charge on any atom is -0.493 e. The Bertz CT molecular complexity index is 994. The number of fused-ring (bicyclic) bond motifs is 2. The summed E-state index contributed by atoms with van der Waals surface area (Å²) in [5, 5.41) is 9.83. The number of rotatable bonds is 6. The van der Waals surface area contributed by atoms with Crippen LogP contribution in [0.3, 0.4) is 0 Å². The van der Waals surface area contributed by atoms with E-state index < -0.39 is 11.6 Å². The highest BCUT2D eigenvalue weighted by Gasteiger charge is 2.27. The van der Waals surface area contributed by atoms with Crippen molar-refractivity contribution in [3.8, 4) is 28.7 Å². The van der Waals surface area contributed by atoms with E-state index in [-0.39, 0.29) is 5.69 Å². The maximum atomic E-state index is 11.1.